The van der Waals surface area contributed by atoms with Gasteiger partial charge < -0.3 is 9.47 Å². The van der Waals surface area contributed by atoms with Crippen molar-refractivity contribution in [1.82, 2.24) is 20.1 Å². The molecule has 3 unspecified atom stereocenters. The standard InChI is InChI=1S/C23H27ClN4O3/c1-14-11-18(12-15(2)20(14)24)16(3)31-22-21(17-7-5-4-6-8-17)28(9-10-30-22)13-19-25-23(29)27-26-19/h4-8,11-12,16,21-22H,9-10,13H2,1-3H3,(H2,25,26,27,29). The number of H-pyrrole nitrogens is 2. The molecule has 1 aromatic heterocycles. The van der Waals surface area contributed by atoms with Crippen LogP contribution in [0.1, 0.15) is 47.1 Å². The molecule has 3 atom stereocenters. The van der Waals surface area contributed by atoms with Gasteiger partial charge >= 0.3 is 5.69 Å². The molecule has 0 aliphatic carbocycles. The third-order valence-corrected chi connectivity index (χ3v) is 6.22. The molecule has 3 aromatic rings. The van der Waals surface area contributed by atoms with Crippen molar-refractivity contribution in [3.63, 3.8) is 0 Å². The molecule has 1 saturated heterocycles. The van der Waals surface area contributed by atoms with Crippen molar-refractivity contribution in [3.8, 4) is 0 Å². The van der Waals surface area contributed by atoms with Gasteiger partial charge in [-0.2, -0.15) is 5.10 Å². The number of aromatic amines is 2. The molecule has 0 saturated carbocycles. The van der Waals surface area contributed by atoms with Crippen LogP contribution in [0.25, 0.3) is 0 Å². The van der Waals surface area contributed by atoms with Gasteiger partial charge in [0.2, 0.25) is 0 Å². The second-order valence-corrected chi connectivity index (χ2v) is 8.31. The van der Waals surface area contributed by atoms with E-state index in [1.54, 1.807) is 0 Å². The Morgan fingerprint density at radius 2 is 1.97 bits per heavy atom. The maximum Gasteiger partial charge on any atom is 0.340 e. The predicted molar refractivity (Wildman–Crippen MR) is 119 cm³/mol. The Labute approximate surface area is 186 Å². The van der Waals surface area contributed by atoms with Gasteiger partial charge in [0.05, 0.1) is 25.3 Å². The highest BCUT2D eigenvalue weighted by molar-refractivity contribution is 6.32. The highest BCUT2D eigenvalue weighted by Crippen LogP contribution is 2.35. The molecule has 7 nitrogen and oxygen atoms in total. The van der Waals surface area contributed by atoms with Crippen LogP contribution in [0.2, 0.25) is 5.02 Å². The lowest BCUT2D eigenvalue weighted by atomic mass is 10.0. The fourth-order valence-corrected chi connectivity index (χ4v) is 4.17. The van der Waals surface area contributed by atoms with Gasteiger partial charge in [0.15, 0.2) is 6.29 Å². The molecule has 0 amide bonds. The summed E-state index contributed by atoms with van der Waals surface area (Å²) in [6.07, 6.45) is -0.663. The van der Waals surface area contributed by atoms with E-state index in [9.17, 15) is 4.79 Å². The van der Waals surface area contributed by atoms with Crippen molar-refractivity contribution in [2.45, 2.75) is 45.8 Å². The number of aromatic nitrogens is 3. The lowest BCUT2D eigenvalue weighted by Crippen LogP contribution is -2.46. The highest BCUT2D eigenvalue weighted by atomic mass is 35.5. The molecule has 1 aliphatic rings. The first-order valence-electron chi connectivity index (χ1n) is 10.4. The SMILES string of the molecule is Cc1cc(C(C)OC2OCCN(Cc3n[nH]c(=O)[nH]3)C2c2ccccc2)cc(C)c1Cl. The molecule has 2 heterocycles. The van der Waals surface area contributed by atoms with E-state index in [0.717, 1.165) is 27.3 Å². The summed E-state index contributed by atoms with van der Waals surface area (Å²) in [5.41, 5.74) is 3.89. The average molecular weight is 443 g/mol. The summed E-state index contributed by atoms with van der Waals surface area (Å²) in [5.74, 6) is 0.587. The van der Waals surface area contributed by atoms with Gasteiger partial charge in [-0.1, -0.05) is 54.1 Å². The van der Waals surface area contributed by atoms with Gasteiger partial charge in [0, 0.05) is 11.6 Å². The Bertz CT molecular complexity index is 1060. The number of morpholine rings is 1. The van der Waals surface area contributed by atoms with Gasteiger partial charge in [0.25, 0.3) is 0 Å². The summed E-state index contributed by atoms with van der Waals surface area (Å²) in [6, 6.07) is 14.1. The molecule has 0 radical (unpaired) electrons. The number of benzene rings is 2. The van der Waals surface area contributed by atoms with Crippen LogP contribution in [0.5, 0.6) is 0 Å². The minimum absolute atomic E-state index is 0.146. The van der Waals surface area contributed by atoms with Gasteiger partial charge in [-0.3, -0.25) is 9.88 Å². The van der Waals surface area contributed by atoms with Crippen LogP contribution in [-0.4, -0.2) is 39.5 Å². The van der Waals surface area contributed by atoms with Gasteiger partial charge in [0.1, 0.15) is 5.82 Å². The van der Waals surface area contributed by atoms with Crippen LogP contribution in [0.15, 0.2) is 47.3 Å². The van der Waals surface area contributed by atoms with Gasteiger partial charge in [-0.05, 0) is 43.0 Å². The first-order valence-corrected chi connectivity index (χ1v) is 10.8. The topological polar surface area (TPSA) is 83.2 Å². The number of nitrogens with zero attached hydrogens (tertiary/aromatic N) is 2. The third kappa shape index (κ3) is 4.91. The van der Waals surface area contributed by atoms with Crippen LogP contribution in [0.3, 0.4) is 0 Å². The number of rotatable bonds is 6. The monoisotopic (exact) mass is 442 g/mol. The second-order valence-electron chi connectivity index (χ2n) is 7.94. The smallest absolute Gasteiger partial charge is 0.340 e. The van der Waals surface area contributed by atoms with E-state index in [-0.39, 0.29) is 17.8 Å². The number of halogens is 1. The van der Waals surface area contributed by atoms with Gasteiger partial charge in [-0.25, -0.2) is 9.89 Å². The van der Waals surface area contributed by atoms with Crippen LogP contribution in [0, 0.1) is 13.8 Å². The second kappa shape index (κ2) is 9.36. The zero-order chi connectivity index (χ0) is 22.0. The minimum atomic E-state index is -0.479. The third-order valence-electron chi connectivity index (χ3n) is 5.62. The fourth-order valence-electron chi connectivity index (χ4n) is 4.06. The van der Waals surface area contributed by atoms with E-state index in [0.29, 0.717) is 25.5 Å². The van der Waals surface area contributed by atoms with E-state index in [4.69, 9.17) is 21.1 Å². The van der Waals surface area contributed by atoms with Crippen LogP contribution >= 0.6 is 11.6 Å². The Morgan fingerprint density at radius 1 is 1.26 bits per heavy atom. The molecule has 1 fully saturated rings. The summed E-state index contributed by atoms with van der Waals surface area (Å²) < 4.78 is 12.6. The summed E-state index contributed by atoms with van der Waals surface area (Å²) in [5, 5.41) is 7.29. The number of hydrogen-bond donors (Lipinski definition) is 2. The summed E-state index contributed by atoms with van der Waals surface area (Å²) >= 11 is 6.34. The first kappa shape index (κ1) is 21.8. The van der Waals surface area contributed by atoms with Crippen molar-refractivity contribution >= 4 is 11.6 Å². The fraction of sp³-hybridized carbons (Fsp3) is 0.391. The lowest BCUT2D eigenvalue weighted by Gasteiger charge is -2.41. The Kier molecular flexibility index (Phi) is 6.57. The molecule has 2 N–H and O–H groups in total. The average Bonchev–Trinajstić information content (AvgIpc) is 3.17. The molecule has 164 valence electrons. The molecular weight excluding hydrogens is 416 g/mol. The molecule has 0 bridgehead atoms. The Morgan fingerprint density at radius 3 is 2.61 bits per heavy atom. The number of hydrogen-bond acceptors (Lipinski definition) is 5. The summed E-state index contributed by atoms with van der Waals surface area (Å²) in [6.45, 7) is 7.73. The highest BCUT2D eigenvalue weighted by Gasteiger charge is 2.36. The predicted octanol–water partition coefficient (Wildman–Crippen LogP) is 4.05. The molecule has 1 aliphatic heterocycles. The zero-order valence-electron chi connectivity index (χ0n) is 17.9. The summed E-state index contributed by atoms with van der Waals surface area (Å²) in [7, 11) is 0. The Balaban J connectivity index is 1.60. The molecule has 4 rings (SSSR count). The van der Waals surface area contributed by atoms with Crippen molar-refractivity contribution in [2.75, 3.05) is 13.2 Å². The molecular formula is C23H27ClN4O3. The summed E-state index contributed by atoms with van der Waals surface area (Å²) in [4.78, 5) is 16.4. The molecule has 2 aromatic carbocycles. The van der Waals surface area contributed by atoms with E-state index in [1.165, 1.54) is 0 Å². The van der Waals surface area contributed by atoms with Crippen LogP contribution in [-0.2, 0) is 16.0 Å². The van der Waals surface area contributed by atoms with Crippen molar-refractivity contribution in [3.05, 3.63) is 86.0 Å². The van der Waals surface area contributed by atoms with Crippen molar-refractivity contribution in [2.24, 2.45) is 0 Å². The first-order chi connectivity index (χ1) is 14.9. The maximum absolute atomic E-state index is 11.5. The zero-order valence-corrected chi connectivity index (χ0v) is 18.6. The van der Waals surface area contributed by atoms with Crippen LogP contribution in [0.4, 0.5) is 0 Å². The van der Waals surface area contributed by atoms with Crippen LogP contribution < -0.4 is 5.69 Å². The van der Waals surface area contributed by atoms with Crippen molar-refractivity contribution in [1.29, 1.82) is 0 Å². The lowest BCUT2D eigenvalue weighted by molar-refractivity contribution is -0.231. The minimum Gasteiger partial charge on any atom is -0.349 e. The Hall–Kier alpha value is -2.45. The quantitative estimate of drug-likeness (QED) is 0.601. The normalized spacial score (nSPS) is 20.6. The number of nitrogens with one attached hydrogen (secondary N) is 2. The van der Waals surface area contributed by atoms with E-state index < -0.39 is 6.29 Å². The largest absolute Gasteiger partial charge is 0.349 e. The van der Waals surface area contributed by atoms with E-state index in [1.807, 2.05) is 39.0 Å². The van der Waals surface area contributed by atoms with Gasteiger partial charge in [-0.15, -0.1) is 0 Å². The molecule has 8 heteroatoms. The number of ether oxygens (including phenoxy) is 2. The molecule has 0 spiro atoms. The maximum atomic E-state index is 11.5. The number of aryl methyl sites for hydroxylation is 2. The molecule has 31 heavy (non-hydrogen) atoms. The van der Waals surface area contributed by atoms with E-state index >= 15 is 0 Å². The van der Waals surface area contributed by atoms with E-state index in [2.05, 4.69) is 44.3 Å². The van der Waals surface area contributed by atoms with Crippen molar-refractivity contribution < 1.29 is 9.47 Å².